The summed E-state index contributed by atoms with van der Waals surface area (Å²) >= 11 is 4.72. The van der Waals surface area contributed by atoms with Gasteiger partial charge < -0.3 is 10.1 Å². The average Bonchev–Trinajstić information content (AvgIpc) is 2.90. The second kappa shape index (κ2) is 5.83. The Balaban J connectivity index is 1.93. The Hall–Kier alpha value is -1.92. The topological polar surface area (TPSA) is 51.2 Å². The van der Waals surface area contributed by atoms with Gasteiger partial charge in [-0.1, -0.05) is 28.1 Å². The van der Waals surface area contributed by atoms with Crippen LogP contribution in [0.4, 0.5) is 5.82 Å². The summed E-state index contributed by atoms with van der Waals surface area (Å²) in [6.45, 7) is 0. The molecule has 2 aromatic carbocycles. The highest BCUT2D eigenvalue weighted by molar-refractivity contribution is 9.10. The fourth-order valence-electron chi connectivity index (χ4n) is 2.00. The zero-order valence-electron chi connectivity index (χ0n) is 11.1. The van der Waals surface area contributed by atoms with Gasteiger partial charge in [-0.15, -0.1) is 0 Å². The van der Waals surface area contributed by atoms with Crippen LogP contribution < -0.4 is 10.1 Å². The van der Waals surface area contributed by atoms with Crippen molar-refractivity contribution in [1.82, 2.24) is 4.37 Å². The molecule has 1 N–H and O–H groups in total. The molecule has 0 unspecified atom stereocenters. The van der Waals surface area contributed by atoms with Gasteiger partial charge in [0.25, 0.3) is 5.91 Å². The van der Waals surface area contributed by atoms with Gasteiger partial charge in [-0.05, 0) is 41.9 Å². The van der Waals surface area contributed by atoms with Crippen molar-refractivity contribution < 1.29 is 9.53 Å². The van der Waals surface area contributed by atoms with Crippen molar-refractivity contribution in [3.63, 3.8) is 0 Å². The molecule has 0 aliphatic rings. The van der Waals surface area contributed by atoms with E-state index in [0.717, 1.165) is 14.6 Å². The van der Waals surface area contributed by atoms with Crippen LogP contribution in [0.2, 0.25) is 0 Å². The maximum atomic E-state index is 12.4. The van der Waals surface area contributed by atoms with Crippen molar-refractivity contribution in [3.8, 4) is 5.75 Å². The van der Waals surface area contributed by atoms with E-state index in [1.54, 1.807) is 18.2 Å². The van der Waals surface area contributed by atoms with Gasteiger partial charge in [-0.3, -0.25) is 4.79 Å². The molecule has 0 saturated carbocycles. The number of nitrogens with one attached hydrogen (secondary N) is 1. The number of carbonyl (C=O) groups excluding carboxylic acids is 1. The Morgan fingerprint density at radius 2 is 2.10 bits per heavy atom. The predicted molar refractivity (Wildman–Crippen MR) is 88.3 cm³/mol. The number of halogens is 1. The van der Waals surface area contributed by atoms with Gasteiger partial charge in [0.05, 0.1) is 17.4 Å². The van der Waals surface area contributed by atoms with Gasteiger partial charge in [0.1, 0.15) is 5.75 Å². The van der Waals surface area contributed by atoms with E-state index in [1.807, 2.05) is 24.3 Å². The van der Waals surface area contributed by atoms with Gasteiger partial charge in [0.15, 0.2) is 5.82 Å². The maximum Gasteiger partial charge on any atom is 0.260 e. The molecule has 0 atom stereocenters. The number of carbonyl (C=O) groups is 1. The molecule has 3 aromatic rings. The van der Waals surface area contributed by atoms with Crippen LogP contribution in [-0.4, -0.2) is 17.4 Å². The molecule has 4 nitrogen and oxygen atoms in total. The van der Waals surface area contributed by atoms with E-state index in [4.69, 9.17) is 4.74 Å². The quantitative estimate of drug-likeness (QED) is 0.754. The van der Waals surface area contributed by atoms with Crippen LogP contribution in [0.3, 0.4) is 0 Å². The molecule has 0 fully saturated rings. The highest BCUT2D eigenvalue weighted by Gasteiger charge is 2.15. The fourth-order valence-corrected chi connectivity index (χ4v) is 3.08. The minimum Gasteiger partial charge on any atom is -0.496 e. The van der Waals surface area contributed by atoms with Crippen LogP contribution in [0.5, 0.6) is 5.75 Å². The Morgan fingerprint density at radius 3 is 2.90 bits per heavy atom. The second-order valence-electron chi connectivity index (χ2n) is 4.33. The molecule has 6 heteroatoms. The fraction of sp³-hybridized carbons (Fsp3) is 0.0667. The van der Waals surface area contributed by atoms with Crippen molar-refractivity contribution in [3.05, 3.63) is 52.5 Å². The summed E-state index contributed by atoms with van der Waals surface area (Å²) in [5, 5.41) is 3.78. The van der Waals surface area contributed by atoms with Crippen LogP contribution in [0.1, 0.15) is 10.4 Å². The minimum absolute atomic E-state index is 0.240. The van der Waals surface area contributed by atoms with Crippen molar-refractivity contribution in [2.24, 2.45) is 0 Å². The van der Waals surface area contributed by atoms with Crippen molar-refractivity contribution in [1.29, 1.82) is 0 Å². The summed E-state index contributed by atoms with van der Waals surface area (Å²) in [5.41, 5.74) is 0.470. The Morgan fingerprint density at radius 1 is 1.29 bits per heavy atom. The first kappa shape index (κ1) is 14.0. The summed E-state index contributed by atoms with van der Waals surface area (Å²) in [7, 11) is 1.54. The number of hydrogen-bond acceptors (Lipinski definition) is 4. The third-order valence-electron chi connectivity index (χ3n) is 3.02. The van der Waals surface area contributed by atoms with Gasteiger partial charge in [-0.2, -0.15) is 4.37 Å². The third kappa shape index (κ3) is 2.77. The first-order valence-corrected chi connectivity index (χ1v) is 7.75. The van der Waals surface area contributed by atoms with Crippen molar-refractivity contribution in [2.75, 3.05) is 12.4 Å². The van der Waals surface area contributed by atoms with Crippen LogP contribution in [0.15, 0.2) is 46.9 Å². The maximum absolute atomic E-state index is 12.4. The average molecular weight is 363 g/mol. The van der Waals surface area contributed by atoms with E-state index < -0.39 is 0 Å². The number of amides is 1. The number of nitrogens with zero attached hydrogens (tertiary/aromatic N) is 1. The largest absolute Gasteiger partial charge is 0.496 e. The lowest BCUT2D eigenvalue weighted by Crippen LogP contribution is -2.13. The molecule has 21 heavy (non-hydrogen) atoms. The number of methoxy groups -OCH3 is 1. The summed E-state index contributed by atoms with van der Waals surface area (Å²) in [4.78, 5) is 12.4. The zero-order chi connectivity index (χ0) is 14.8. The number of ether oxygens (including phenoxy) is 1. The molecular formula is C15H11BrN2O2S. The van der Waals surface area contributed by atoms with Gasteiger partial charge in [0, 0.05) is 9.86 Å². The lowest BCUT2D eigenvalue weighted by atomic mass is 10.2. The van der Waals surface area contributed by atoms with E-state index >= 15 is 0 Å². The van der Waals surface area contributed by atoms with Crippen molar-refractivity contribution >= 4 is 49.3 Å². The highest BCUT2D eigenvalue weighted by Crippen LogP contribution is 2.28. The molecule has 1 aromatic heterocycles. The summed E-state index contributed by atoms with van der Waals surface area (Å²) < 4.78 is 11.4. The van der Waals surface area contributed by atoms with Crippen molar-refractivity contribution in [2.45, 2.75) is 0 Å². The number of hydrogen-bond donors (Lipinski definition) is 1. The summed E-state index contributed by atoms with van der Waals surface area (Å²) in [6.07, 6.45) is 0. The Labute approximate surface area is 134 Å². The molecule has 106 valence electrons. The Kier molecular flexibility index (Phi) is 3.90. The molecule has 0 saturated heterocycles. The number of benzene rings is 2. The van der Waals surface area contributed by atoms with Crippen LogP contribution >= 0.6 is 27.5 Å². The third-order valence-corrected chi connectivity index (χ3v) is 4.34. The minimum atomic E-state index is -0.240. The zero-order valence-corrected chi connectivity index (χ0v) is 13.5. The van der Waals surface area contributed by atoms with Crippen LogP contribution in [0, 0.1) is 0 Å². The lowest BCUT2D eigenvalue weighted by molar-refractivity contribution is 0.102. The first-order chi connectivity index (χ1) is 10.2. The lowest BCUT2D eigenvalue weighted by Gasteiger charge is -2.08. The van der Waals surface area contributed by atoms with E-state index in [-0.39, 0.29) is 5.91 Å². The van der Waals surface area contributed by atoms with Gasteiger partial charge in [0.2, 0.25) is 0 Å². The first-order valence-electron chi connectivity index (χ1n) is 6.18. The second-order valence-corrected chi connectivity index (χ2v) is 6.05. The van der Waals surface area contributed by atoms with E-state index in [1.165, 1.54) is 18.6 Å². The molecule has 0 bridgehead atoms. The molecule has 1 heterocycles. The number of anilines is 1. The molecule has 0 aliphatic carbocycles. The number of fused-ring (bicyclic) bond motifs is 1. The SMILES string of the molecule is COc1cc(Br)ccc1C(=O)Nc1nsc2ccccc12. The molecule has 0 radical (unpaired) electrons. The number of rotatable bonds is 3. The van der Waals surface area contributed by atoms with Crippen LogP contribution in [-0.2, 0) is 0 Å². The molecular weight excluding hydrogens is 352 g/mol. The Bertz CT molecular complexity index is 816. The van der Waals surface area contributed by atoms with E-state index in [9.17, 15) is 4.79 Å². The summed E-state index contributed by atoms with van der Waals surface area (Å²) in [5.74, 6) is 0.849. The molecule has 3 rings (SSSR count). The smallest absolute Gasteiger partial charge is 0.260 e. The van der Waals surface area contributed by atoms with Crippen LogP contribution in [0.25, 0.3) is 10.1 Å². The monoisotopic (exact) mass is 362 g/mol. The van der Waals surface area contributed by atoms with Gasteiger partial charge >= 0.3 is 0 Å². The summed E-state index contributed by atoms with van der Waals surface area (Å²) in [6, 6.07) is 13.1. The molecule has 0 spiro atoms. The van der Waals surface area contributed by atoms with E-state index in [0.29, 0.717) is 17.1 Å². The van der Waals surface area contributed by atoms with E-state index in [2.05, 4.69) is 25.6 Å². The standard InChI is InChI=1S/C15H11BrN2O2S/c1-20-12-8-9(16)6-7-10(12)15(19)17-14-11-4-2-3-5-13(11)21-18-14/h2-8H,1H3,(H,17,18,19). The van der Waals surface area contributed by atoms with Gasteiger partial charge in [-0.25, -0.2) is 0 Å². The predicted octanol–water partition coefficient (Wildman–Crippen LogP) is 4.32. The molecule has 0 aliphatic heterocycles. The molecule has 1 amide bonds. The highest BCUT2D eigenvalue weighted by atomic mass is 79.9. The number of aromatic nitrogens is 1. The normalized spacial score (nSPS) is 10.6.